The van der Waals surface area contributed by atoms with Crippen molar-refractivity contribution in [2.24, 2.45) is 5.73 Å². The summed E-state index contributed by atoms with van der Waals surface area (Å²) < 4.78 is 5.10. The van der Waals surface area contributed by atoms with Gasteiger partial charge >= 0.3 is 0 Å². The van der Waals surface area contributed by atoms with Gasteiger partial charge in [-0.1, -0.05) is 12.1 Å². The summed E-state index contributed by atoms with van der Waals surface area (Å²) in [5, 5.41) is 3.96. The Morgan fingerprint density at radius 2 is 1.96 bits per heavy atom. The zero-order valence-corrected chi connectivity index (χ0v) is 15.4. The quantitative estimate of drug-likeness (QED) is 0.813. The summed E-state index contributed by atoms with van der Waals surface area (Å²) in [6, 6.07) is 0.0845. The number of hydrogen-bond donors (Lipinski definition) is 1. The van der Waals surface area contributed by atoms with Crippen LogP contribution >= 0.6 is 24.8 Å². The van der Waals surface area contributed by atoms with E-state index in [1.54, 1.807) is 0 Å². The number of rotatable bonds is 6. The second kappa shape index (κ2) is 10.8. The van der Waals surface area contributed by atoms with Crippen LogP contribution in [0.4, 0.5) is 0 Å². The summed E-state index contributed by atoms with van der Waals surface area (Å²) in [6.07, 6.45) is 2.05. The Hall–Kier alpha value is -0.890. The van der Waals surface area contributed by atoms with Crippen molar-refractivity contribution in [2.45, 2.75) is 45.7 Å². The molecule has 2 heterocycles. The summed E-state index contributed by atoms with van der Waals surface area (Å²) >= 11 is 0. The minimum Gasteiger partial charge on any atom is -0.340 e. The van der Waals surface area contributed by atoms with Crippen LogP contribution in [0.25, 0.3) is 0 Å². The predicted octanol–water partition coefficient (Wildman–Crippen LogP) is 1.25. The third-order valence-corrected chi connectivity index (χ3v) is 3.72. The normalized spacial score (nSPS) is 16.4. The molecular weight excluding hydrogens is 341 g/mol. The number of aryl methyl sites for hydroxylation is 1. The van der Waals surface area contributed by atoms with Crippen molar-refractivity contribution in [3.05, 3.63) is 11.7 Å². The second-order valence-electron chi connectivity index (χ2n) is 5.63. The molecular formula is C14H27Cl2N5O2. The maximum Gasteiger partial charge on any atom is 0.226 e. The highest BCUT2D eigenvalue weighted by atomic mass is 35.5. The third-order valence-electron chi connectivity index (χ3n) is 3.72. The fraction of sp³-hybridized carbons (Fsp3) is 0.786. The Balaban J connectivity index is 0.00000242. The van der Waals surface area contributed by atoms with E-state index in [9.17, 15) is 4.79 Å². The van der Waals surface area contributed by atoms with Gasteiger partial charge < -0.3 is 15.2 Å². The Morgan fingerprint density at radius 3 is 2.48 bits per heavy atom. The number of nitrogens with zero attached hydrogens (tertiary/aromatic N) is 4. The first kappa shape index (κ1) is 22.1. The molecule has 1 aliphatic heterocycles. The topological polar surface area (TPSA) is 88.5 Å². The molecule has 0 aromatic carbocycles. The number of carbonyl (C=O) groups excluding carboxylic acids is 1. The van der Waals surface area contributed by atoms with Gasteiger partial charge in [-0.05, 0) is 13.3 Å². The molecule has 134 valence electrons. The van der Waals surface area contributed by atoms with E-state index in [0.29, 0.717) is 18.9 Å². The molecule has 1 atom stereocenters. The summed E-state index contributed by atoms with van der Waals surface area (Å²) in [5.74, 6) is 1.61. The summed E-state index contributed by atoms with van der Waals surface area (Å²) in [7, 11) is 0. The number of carbonyl (C=O) groups is 1. The highest BCUT2D eigenvalue weighted by Gasteiger charge is 2.22. The van der Waals surface area contributed by atoms with Crippen molar-refractivity contribution in [3.63, 3.8) is 0 Å². The first-order valence-corrected chi connectivity index (χ1v) is 7.65. The molecule has 1 saturated heterocycles. The number of nitrogens with two attached hydrogens (primary N) is 1. The van der Waals surface area contributed by atoms with Gasteiger partial charge in [0.25, 0.3) is 0 Å². The third kappa shape index (κ3) is 7.03. The maximum absolute atomic E-state index is 12.0. The van der Waals surface area contributed by atoms with Crippen LogP contribution in [0.5, 0.6) is 0 Å². The maximum atomic E-state index is 12.0. The first-order chi connectivity index (χ1) is 10.1. The lowest BCUT2D eigenvalue weighted by atomic mass is 10.1. The molecule has 0 spiro atoms. The summed E-state index contributed by atoms with van der Waals surface area (Å²) in [4.78, 5) is 20.5. The van der Waals surface area contributed by atoms with Crippen LogP contribution in [0, 0.1) is 0 Å². The van der Waals surface area contributed by atoms with E-state index in [0.717, 1.165) is 44.8 Å². The standard InChI is InChI=1S/C14H25N5O2.2ClH/c1-3-13-16-12(17-21-13)10-18-6-8-19(9-7-18)14(20)5-4-11(2)15;;/h11H,3-10,15H2,1-2H3;2*1H. The monoisotopic (exact) mass is 367 g/mol. The Bertz CT molecular complexity index is 462. The molecule has 23 heavy (non-hydrogen) atoms. The van der Waals surface area contributed by atoms with E-state index in [1.165, 1.54) is 0 Å². The number of hydrogen-bond acceptors (Lipinski definition) is 6. The van der Waals surface area contributed by atoms with Gasteiger partial charge in [-0.3, -0.25) is 9.69 Å². The van der Waals surface area contributed by atoms with Crippen molar-refractivity contribution in [3.8, 4) is 0 Å². The summed E-state index contributed by atoms with van der Waals surface area (Å²) in [5.41, 5.74) is 5.69. The minimum atomic E-state index is 0. The highest BCUT2D eigenvalue weighted by Crippen LogP contribution is 2.09. The predicted molar refractivity (Wildman–Crippen MR) is 92.9 cm³/mol. The average molecular weight is 368 g/mol. The lowest BCUT2D eigenvalue weighted by molar-refractivity contribution is -0.133. The SMILES string of the molecule is CCc1nc(CN2CCN(C(=O)CCC(C)N)CC2)no1.Cl.Cl. The zero-order valence-electron chi connectivity index (χ0n) is 13.7. The van der Waals surface area contributed by atoms with Crippen LogP contribution in [-0.4, -0.2) is 58.1 Å². The minimum absolute atomic E-state index is 0. The molecule has 2 rings (SSSR count). The van der Waals surface area contributed by atoms with Gasteiger partial charge in [0.1, 0.15) is 0 Å². The largest absolute Gasteiger partial charge is 0.340 e. The van der Waals surface area contributed by atoms with E-state index in [1.807, 2.05) is 18.7 Å². The van der Waals surface area contributed by atoms with Crippen molar-refractivity contribution in [1.82, 2.24) is 19.9 Å². The number of amides is 1. The molecule has 1 amide bonds. The van der Waals surface area contributed by atoms with Crippen molar-refractivity contribution < 1.29 is 9.32 Å². The van der Waals surface area contributed by atoms with Crippen LogP contribution in [0.1, 0.15) is 38.4 Å². The molecule has 1 unspecified atom stereocenters. The van der Waals surface area contributed by atoms with E-state index >= 15 is 0 Å². The molecule has 1 fully saturated rings. The molecule has 1 aliphatic rings. The molecule has 2 N–H and O–H groups in total. The molecule has 0 saturated carbocycles. The van der Waals surface area contributed by atoms with Crippen molar-refractivity contribution in [1.29, 1.82) is 0 Å². The number of piperazine rings is 1. The highest BCUT2D eigenvalue weighted by molar-refractivity contribution is 5.85. The van der Waals surface area contributed by atoms with Gasteiger partial charge in [-0.15, -0.1) is 24.8 Å². The Labute approximate surface area is 149 Å². The number of aromatic nitrogens is 2. The van der Waals surface area contributed by atoms with Crippen molar-refractivity contribution in [2.75, 3.05) is 26.2 Å². The Morgan fingerprint density at radius 1 is 1.30 bits per heavy atom. The molecule has 0 radical (unpaired) electrons. The molecule has 0 bridgehead atoms. The number of halogens is 2. The van der Waals surface area contributed by atoms with Gasteiger partial charge in [0, 0.05) is 45.1 Å². The molecule has 0 aliphatic carbocycles. The molecule has 7 nitrogen and oxygen atoms in total. The molecule has 1 aromatic rings. The van der Waals surface area contributed by atoms with E-state index in [2.05, 4.69) is 15.0 Å². The first-order valence-electron chi connectivity index (χ1n) is 7.65. The fourth-order valence-electron chi connectivity index (χ4n) is 2.36. The van der Waals surface area contributed by atoms with Crippen LogP contribution in [0.15, 0.2) is 4.52 Å². The second-order valence-corrected chi connectivity index (χ2v) is 5.63. The van der Waals surface area contributed by atoms with Crippen LogP contribution in [-0.2, 0) is 17.8 Å². The van der Waals surface area contributed by atoms with Crippen molar-refractivity contribution >= 4 is 30.7 Å². The van der Waals surface area contributed by atoms with Gasteiger partial charge in [-0.25, -0.2) is 0 Å². The van der Waals surface area contributed by atoms with Gasteiger partial charge in [0.2, 0.25) is 11.8 Å². The lowest BCUT2D eigenvalue weighted by Gasteiger charge is -2.34. The van der Waals surface area contributed by atoms with Crippen LogP contribution in [0.2, 0.25) is 0 Å². The van der Waals surface area contributed by atoms with E-state index in [4.69, 9.17) is 10.3 Å². The fourth-order valence-corrected chi connectivity index (χ4v) is 2.36. The lowest BCUT2D eigenvalue weighted by Crippen LogP contribution is -2.48. The zero-order chi connectivity index (χ0) is 15.2. The summed E-state index contributed by atoms with van der Waals surface area (Å²) in [6.45, 7) is 7.82. The van der Waals surface area contributed by atoms with Crippen LogP contribution in [0.3, 0.4) is 0 Å². The van der Waals surface area contributed by atoms with Gasteiger partial charge in [-0.2, -0.15) is 4.98 Å². The smallest absolute Gasteiger partial charge is 0.226 e. The van der Waals surface area contributed by atoms with E-state index in [-0.39, 0.29) is 36.8 Å². The molecule has 1 aromatic heterocycles. The Kier molecular flexibility index (Phi) is 10.4. The molecule has 9 heteroatoms. The average Bonchev–Trinajstić information content (AvgIpc) is 2.93. The van der Waals surface area contributed by atoms with Gasteiger partial charge in [0.05, 0.1) is 6.54 Å². The van der Waals surface area contributed by atoms with Crippen LogP contribution < -0.4 is 5.73 Å². The van der Waals surface area contributed by atoms with E-state index < -0.39 is 0 Å². The van der Waals surface area contributed by atoms with Gasteiger partial charge in [0.15, 0.2) is 5.82 Å².